The Morgan fingerprint density at radius 3 is 0.682 bits per heavy atom. The number of aliphatic hydroxyl groups is 3. The van der Waals surface area contributed by atoms with Gasteiger partial charge in [0, 0.05) is 36.8 Å². The van der Waals surface area contributed by atoms with E-state index in [2.05, 4.69) is 0 Å². The van der Waals surface area contributed by atoms with Crippen molar-refractivity contribution in [3.63, 3.8) is 0 Å². The van der Waals surface area contributed by atoms with E-state index in [4.69, 9.17) is 15.3 Å². The van der Waals surface area contributed by atoms with Crippen LogP contribution in [0, 0.1) is 0 Å². The average molecular weight is 351 g/mol. The van der Waals surface area contributed by atoms with Crippen molar-refractivity contribution in [3.05, 3.63) is 35.5 Å². The summed E-state index contributed by atoms with van der Waals surface area (Å²) in [5.41, 5.74) is 0. The van der Waals surface area contributed by atoms with E-state index in [0.717, 1.165) is 0 Å². The van der Waals surface area contributed by atoms with E-state index in [1.165, 1.54) is 59.8 Å². The van der Waals surface area contributed by atoms with Gasteiger partial charge in [-0.05, 0) is 41.5 Å². The van der Waals surface area contributed by atoms with Crippen molar-refractivity contribution in [2.24, 2.45) is 0 Å². The summed E-state index contributed by atoms with van der Waals surface area (Å²) in [6, 6.07) is 0. The molecule has 0 atom stereocenters. The van der Waals surface area contributed by atoms with Crippen LogP contribution in [0.15, 0.2) is 35.5 Å². The Morgan fingerprint density at radius 1 is 0.545 bits per heavy atom. The summed E-state index contributed by atoms with van der Waals surface area (Å²) in [4.78, 5) is 30.1. The second kappa shape index (κ2) is 17.3. The molecule has 0 unspecified atom stereocenters. The molecule has 3 N–H and O–H groups in total. The van der Waals surface area contributed by atoms with Crippen LogP contribution in [0.4, 0.5) is 0 Å². The van der Waals surface area contributed by atoms with Crippen LogP contribution >= 0.6 is 0 Å². The van der Waals surface area contributed by atoms with Crippen LogP contribution in [0.1, 0.15) is 41.5 Å². The van der Waals surface area contributed by atoms with E-state index < -0.39 is 0 Å². The van der Waals surface area contributed by atoms with Gasteiger partial charge in [0.25, 0.3) is 0 Å². The molecule has 0 rings (SSSR count). The molecule has 1 radical (unpaired) electrons. The van der Waals surface area contributed by atoms with E-state index in [0.29, 0.717) is 0 Å². The van der Waals surface area contributed by atoms with Crippen molar-refractivity contribution in [1.29, 1.82) is 0 Å². The molecule has 0 aliphatic heterocycles. The van der Waals surface area contributed by atoms with Gasteiger partial charge < -0.3 is 15.3 Å². The van der Waals surface area contributed by atoms with Gasteiger partial charge in [-0.3, -0.25) is 14.4 Å². The molecular weight excluding hydrogens is 327 g/mol. The fourth-order valence-electron chi connectivity index (χ4n) is 0.882. The Bertz CT molecular complexity index is 368. The summed E-state index contributed by atoms with van der Waals surface area (Å²) in [5.74, 6) is -0.187. The first-order chi connectivity index (χ1) is 9.38. The maximum absolute atomic E-state index is 10.0. The minimum Gasteiger partial charge on any atom is -0.512 e. The zero-order valence-corrected chi connectivity index (χ0v) is 15.1. The maximum atomic E-state index is 10.0. The Hall–Kier alpha value is -1.79. The van der Waals surface area contributed by atoms with Crippen LogP contribution in [-0.2, 0) is 32.9 Å². The number of ketones is 3. The third-order valence-corrected chi connectivity index (χ3v) is 1.24. The predicted molar refractivity (Wildman–Crippen MR) is 81.2 cm³/mol. The average Bonchev–Trinajstić information content (AvgIpc) is 2.10. The van der Waals surface area contributed by atoms with Gasteiger partial charge in [0.2, 0.25) is 0 Å². The molecule has 0 fully saturated rings. The zero-order valence-electron chi connectivity index (χ0n) is 13.7. The number of rotatable bonds is 3. The molecule has 0 spiro atoms. The van der Waals surface area contributed by atoms with E-state index in [9.17, 15) is 14.4 Å². The Morgan fingerprint density at radius 2 is 0.682 bits per heavy atom. The maximum Gasteiger partial charge on any atom is 0.155 e. The quantitative estimate of drug-likeness (QED) is 0.532. The predicted octanol–water partition coefficient (Wildman–Crippen LogP) is 3.11. The number of carbonyl (C=O) groups excluding carboxylic acids is 3. The number of hydrogen-bond donors (Lipinski definition) is 3. The standard InChI is InChI=1S/3C5H8O2.V/c3*1-4(6)3-5(2)7;/h3*3,6H,1-2H3;/b3*4-3+;. The minimum atomic E-state index is -0.125. The van der Waals surface area contributed by atoms with Gasteiger partial charge in [-0.25, -0.2) is 0 Å². The van der Waals surface area contributed by atoms with Gasteiger partial charge in [-0.15, -0.1) is 0 Å². The van der Waals surface area contributed by atoms with Crippen molar-refractivity contribution in [3.8, 4) is 0 Å². The zero-order chi connectivity index (χ0) is 17.6. The summed E-state index contributed by atoms with van der Waals surface area (Å²) >= 11 is 0. The van der Waals surface area contributed by atoms with Crippen molar-refractivity contribution in [2.45, 2.75) is 41.5 Å². The van der Waals surface area contributed by atoms with Gasteiger partial charge in [-0.1, -0.05) is 0 Å². The summed E-state index contributed by atoms with van der Waals surface area (Å²) in [6.45, 7) is 8.54. The molecule has 22 heavy (non-hydrogen) atoms. The normalized spacial score (nSPS) is 10.9. The van der Waals surface area contributed by atoms with Crippen LogP contribution in [0.5, 0.6) is 0 Å². The first kappa shape index (κ1) is 28.4. The fourth-order valence-corrected chi connectivity index (χ4v) is 0.882. The molecular formula is C15H24O6V. The van der Waals surface area contributed by atoms with Gasteiger partial charge in [0.05, 0.1) is 17.3 Å². The number of hydrogen-bond acceptors (Lipinski definition) is 6. The molecule has 0 bridgehead atoms. The number of aliphatic hydroxyl groups excluding tert-OH is 3. The molecule has 0 saturated heterocycles. The topological polar surface area (TPSA) is 112 Å². The van der Waals surface area contributed by atoms with E-state index >= 15 is 0 Å². The summed E-state index contributed by atoms with van der Waals surface area (Å²) in [6.07, 6.45) is 3.50. The first-order valence-electron chi connectivity index (χ1n) is 6.02. The molecule has 0 aromatic heterocycles. The third-order valence-electron chi connectivity index (χ3n) is 1.24. The molecule has 0 aromatic carbocycles. The minimum absolute atomic E-state index is 0. The first-order valence-corrected chi connectivity index (χ1v) is 6.02. The van der Waals surface area contributed by atoms with Crippen molar-refractivity contribution in [1.82, 2.24) is 0 Å². The molecule has 0 aromatic rings. The third kappa shape index (κ3) is 51.7. The van der Waals surface area contributed by atoms with Crippen LogP contribution in [0.2, 0.25) is 0 Å². The van der Waals surface area contributed by atoms with Gasteiger partial charge in [-0.2, -0.15) is 0 Å². The van der Waals surface area contributed by atoms with Crippen molar-refractivity contribution in [2.75, 3.05) is 0 Å². The number of carbonyl (C=O) groups is 3. The largest absolute Gasteiger partial charge is 0.512 e. The summed E-state index contributed by atoms with van der Waals surface area (Å²) < 4.78 is 0. The summed E-state index contributed by atoms with van der Waals surface area (Å²) in [7, 11) is 0. The number of allylic oxidation sites excluding steroid dienone is 6. The van der Waals surface area contributed by atoms with Gasteiger partial charge >= 0.3 is 0 Å². The smallest absolute Gasteiger partial charge is 0.155 e. The second-order valence-electron chi connectivity index (χ2n) is 4.19. The van der Waals surface area contributed by atoms with Crippen molar-refractivity contribution >= 4 is 17.3 Å². The Balaban J connectivity index is -0.000000108. The van der Waals surface area contributed by atoms with E-state index in [1.54, 1.807) is 0 Å². The fraction of sp³-hybridized carbons (Fsp3) is 0.400. The molecule has 0 aliphatic rings. The molecule has 7 heteroatoms. The second-order valence-corrected chi connectivity index (χ2v) is 4.19. The van der Waals surface area contributed by atoms with Gasteiger partial charge in [0.15, 0.2) is 17.3 Å². The Labute approximate surface area is 143 Å². The molecule has 6 nitrogen and oxygen atoms in total. The molecule has 0 heterocycles. The molecule has 0 saturated carbocycles. The van der Waals surface area contributed by atoms with E-state index in [-0.39, 0.29) is 53.2 Å². The molecule has 0 aliphatic carbocycles. The van der Waals surface area contributed by atoms with Crippen molar-refractivity contribution < 1.29 is 48.3 Å². The van der Waals surface area contributed by atoms with Crippen LogP contribution in [0.25, 0.3) is 0 Å². The van der Waals surface area contributed by atoms with E-state index in [1.807, 2.05) is 0 Å². The molecule has 0 amide bonds. The Kier molecular flexibility index (Phi) is 22.3. The summed E-state index contributed by atoms with van der Waals surface area (Å²) in [5, 5.41) is 25.1. The van der Waals surface area contributed by atoms with Crippen LogP contribution < -0.4 is 0 Å². The van der Waals surface area contributed by atoms with Gasteiger partial charge in [0.1, 0.15) is 0 Å². The SMILES string of the molecule is CC(=O)/C=C(\C)O.CC(=O)/C=C(\C)O.CC(=O)/C=C(\C)O.[V]. The van der Waals surface area contributed by atoms with Crippen LogP contribution in [-0.4, -0.2) is 32.7 Å². The van der Waals surface area contributed by atoms with Crippen LogP contribution in [0.3, 0.4) is 0 Å². The molecule has 125 valence electrons. The monoisotopic (exact) mass is 351 g/mol.